The average Bonchev–Trinajstić information content (AvgIpc) is 2.27. The van der Waals surface area contributed by atoms with Gasteiger partial charge in [-0.3, -0.25) is 9.69 Å². The summed E-state index contributed by atoms with van der Waals surface area (Å²) < 4.78 is 4.69. The Bertz CT molecular complexity index is 201. The van der Waals surface area contributed by atoms with Crippen LogP contribution in [0.4, 0.5) is 0 Å². The molecular formula is C11H22N2O2. The second-order valence-electron chi connectivity index (χ2n) is 4.21. The predicted molar refractivity (Wildman–Crippen MR) is 59.5 cm³/mol. The van der Waals surface area contributed by atoms with Crippen molar-refractivity contribution in [1.82, 2.24) is 4.90 Å². The Morgan fingerprint density at radius 2 is 2.00 bits per heavy atom. The number of rotatable bonds is 4. The molecule has 0 atom stereocenters. The summed E-state index contributed by atoms with van der Waals surface area (Å²) in [7, 11) is 1.44. The van der Waals surface area contributed by atoms with E-state index >= 15 is 0 Å². The van der Waals surface area contributed by atoms with Gasteiger partial charge in [0.25, 0.3) is 0 Å². The fourth-order valence-corrected chi connectivity index (χ4v) is 2.20. The smallest absolute Gasteiger partial charge is 0.319 e. The van der Waals surface area contributed by atoms with Crippen molar-refractivity contribution >= 4 is 5.97 Å². The van der Waals surface area contributed by atoms with Gasteiger partial charge < -0.3 is 10.5 Å². The molecule has 0 heterocycles. The Hall–Kier alpha value is -0.610. The van der Waals surface area contributed by atoms with Crippen molar-refractivity contribution in [3.63, 3.8) is 0 Å². The normalized spacial score (nSPS) is 26.7. The van der Waals surface area contributed by atoms with Crippen LogP contribution in [0.2, 0.25) is 0 Å². The number of nitrogens with zero attached hydrogens (tertiary/aromatic N) is 1. The van der Waals surface area contributed by atoms with E-state index in [4.69, 9.17) is 5.73 Å². The monoisotopic (exact) mass is 214 g/mol. The number of esters is 1. The largest absolute Gasteiger partial charge is 0.468 e. The first kappa shape index (κ1) is 12.5. The van der Waals surface area contributed by atoms with Gasteiger partial charge in [-0.15, -0.1) is 0 Å². The molecule has 0 aromatic heterocycles. The first-order valence-electron chi connectivity index (χ1n) is 5.73. The van der Waals surface area contributed by atoms with E-state index in [1.165, 1.54) is 7.11 Å². The first-order valence-corrected chi connectivity index (χ1v) is 5.73. The van der Waals surface area contributed by atoms with Crippen LogP contribution in [0, 0.1) is 0 Å². The summed E-state index contributed by atoms with van der Waals surface area (Å²) in [6.07, 6.45) is 4.35. The zero-order valence-corrected chi connectivity index (χ0v) is 9.74. The Balaban J connectivity index is 2.40. The molecule has 0 spiro atoms. The van der Waals surface area contributed by atoms with Gasteiger partial charge in [-0.25, -0.2) is 0 Å². The number of hydrogen-bond donors (Lipinski definition) is 1. The topological polar surface area (TPSA) is 55.6 Å². The molecule has 4 nitrogen and oxygen atoms in total. The molecule has 0 aromatic carbocycles. The molecular weight excluding hydrogens is 192 g/mol. The summed E-state index contributed by atoms with van der Waals surface area (Å²) >= 11 is 0. The highest BCUT2D eigenvalue weighted by atomic mass is 16.5. The number of carbonyl (C=O) groups excluding carboxylic acids is 1. The summed E-state index contributed by atoms with van der Waals surface area (Å²) in [4.78, 5) is 13.4. The molecule has 1 rings (SSSR count). The molecule has 0 bridgehead atoms. The van der Waals surface area contributed by atoms with Crippen molar-refractivity contribution in [2.24, 2.45) is 5.73 Å². The molecule has 15 heavy (non-hydrogen) atoms. The molecule has 1 fully saturated rings. The van der Waals surface area contributed by atoms with E-state index in [-0.39, 0.29) is 5.97 Å². The average molecular weight is 214 g/mol. The van der Waals surface area contributed by atoms with Gasteiger partial charge in [0.15, 0.2) is 0 Å². The van der Waals surface area contributed by atoms with Crippen LogP contribution in [0.1, 0.15) is 32.6 Å². The lowest BCUT2D eigenvalue weighted by Crippen LogP contribution is -2.43. The SMILES string of the molecule is CCN(CC(=O)OC)C1CCC(N)CC1. The third-order valence-electron chi connectivity index (χ3n) is 3.22. The fourth-order valence-electron chi connectivity index (χ4n) is 2.20. The highest BCUT2D eigenvalue weighted by Crippen LogP contribution is 2.21. The van der Waals surface area contributed by atoms with Crippen molar-refractivity contribution in [3.8, 4) is 0 Å². The van der Waals surface area contributed by atoms with E-state index in [1.54, 1.807) is 0 Å². The van der Waals surface area contributed by atoms with Crippen LogP contribution >= 0.6 is 0 Å². The third-order valence-corrected chi connectivity index (χ3v) is 3.22. The lowest BCUT2D eigenvalue weighted by molar-refractivity contribution is -0.142. The minimum atomic E-state index is -0.147. The maximum atomic E-state index is 11.2. The predicted octanol–water partition coefficient (Wildman–Crippen LogP) is 0.751. The Labute approximate surface area is 91.8 Å². The van der Waals surface area contributed by atoms with Gasteiger partial charge in [0, 0.05) is 12.1 Å². The van der Waals surface area contributed by atoms with Gasteiger partial charge in [-0.05, 0) is 32.2 Å². The molecule has 0 amide bonds. The van der Waals surface area contributed by atoms with Gasteiger partial charge in [-0.2, -0.15) is 0 Å². The summed E-state index contributed by atoms with van der Waals surface area (Å²) in [5.41, 5.74) is 5.86. The number of ether oxygens (including phenoxy) is 1. The molecule has 0 unspecified atom stereocenters. The van der Waals surface area contributed by atoms with E-state index in [2.05, 4.69) is 16.6 Å². The van der Waals surface area contributed by atoms with Crippen molar-refractivity contribution in [2.45, 2.75) is 44.7 Å². The van der Waals surface area contributed by atoms with E-state index in [0.29, 0.717) is 18.6 Å². The van der Waals surface area contributed by atoms with Gasteiger partial charge >= 0.3 is 5.97 Å². The van der Waals surface area contributed by atoms with Crippen LogP contribution < -0.4 is 5.73 Å². The van der Waals surface area contributed by atoms with Gasteiger partial charge in [0.05, 0.1) is 13.7 Å². The van der Waals surface area contributed by atoms with Gasteiger partial charge in [0.2, 0.25) is 0 Å². The molecule has 2 N–H and O–H groups in total. The zero-order valence-electron chi connectivity index (χ0n) is 9.74. The summed E-state index contributed by atoms with van der Waals surface area (Å²) in [5, 5.41) is 0. The highest BCUT2D eigenvalue weighted by molar-refractivity contribution is 5.71. The molecule has 0 aliphatic heterocycles. The minimum Gasteiger partial charge on any atom is -0.468 e. The fraction of sp³-hybridized carbons (Fsp3) is 0.909. The molecule has 0 radical (unpaired) electrons. The molecule has 1 saturated carbocycles. The van der Waals surface area contributed by atoms with E-state index in [1.807, 2.05) is 0 Å². The molecule has 1 aliphatic carbocycles. The second-order valence-corrected chi connectivity index (χ2v) is 4.21. The van der Waals surface area contributed by atoms with E-state index in [9.17, 15) is 4.79 Å². The van der Waals surface area contributed by atoms with Gasteiger partial charge in [0.1, 0.15) is 0 Å². The third kappa shape index (κ3) is 3.80. The molecule has 88 valence electrons. The Kier molecular flexibility index (Phi) is 5.05. The maximum absolute atomic E-state index is 11.2. The van der Waals surface area contributed by atoms with Crippen molar-refractivity contribution < 1.29 is 9.53 Å². The van der Waals surface area contributed by atoms with Crippen molar-refractivity contribution in [3.05, 3.63) is 0 Å². The summed E-state index contributed by atoms with van der Waals surface area (Å²) in [6, 6.07) is 0.868. The van der Waals surface area contributed by atoms with E-state index in [0.717, 1.165) is 32.2 Å². The quantitative estimate of drug-likeness (QED) is 0.702. The molecule has 0 saturated heterocycles. The van der Waals surface area contributed by atoms with E-state index < -0.39 is 0 Å². The Morgan fingerprint density at radius 1 is 1.40 bits per heavy atom. The molecule has 1 aliphatic rings. The lowest BCUT2D eigenvalue weighted by Gasteiger charge is -2.34. The molecule has 0 aromatic rings. The number of likely N-dealkylation sites (N-methyl/N-ethyl adjacent to an activating group) is 1. The number of methoxy groups -OCH3 is 1. The van der Waals surface area contributed by atoms with Crippen LogP contribution in [-0.4, -0.2) is 43.2 Å². The zero-order chi connectivity index (χ0) is 11.3. The van der Waals surface area contributed by atoms with Crippen molar-refractivity contribution in [1.29, 1.82) is 0 Å². The van der Waals surface area contributed by atoms with Crippen LogP contribution in [0.15, 0.2) is 0 Å². The second kappa shape index (κ2) is 6.08. The lowest BCUT2D eigenvalue weighted by atomic mass is 9.91. The molecule has 4 heteroatoms. The van der Waals surface area contributed by atoms with Crippen LogP contribution in [0.3, 0.4) is 0 Å². The highest BCUT2D eigenvalue weighted by Gasteiger charge is 2.24. The first-order chi connectivity index (χ1) is 7.17. The van der Waals surface area contributed by atoms with Gasteiger partial charge in [-0.1, -0.05) is 6.92 Å². The Morgan fingerprint density at radius 3 is 2.47 bits per heavy atom. The number of hydrogen-bond acceptors (Lipinski definition) is 4. The van der Waals surface area contributed by atoms with Crippen LogP contribution in [0.5, 0.6) is 0 Å². The standard InChI is InChI=1S/C11H22N2O2/c1-3-13(8-11(14)15-2)10-6-4-9(12)5-7-10/h9-10H,3-8,12H2,1-2H3. The maximum Gasteiger partial charge on any atom is 0.319 e. The number of carbonyl (C=O) groups is 1. The van der Waals surface area contributed by atoms with Crippen molar-refractivity contribution in [2.75, 3.05) is 20.2 Å². The number of nitrogens with two attached hydrogens (primary N) is 1. The minimum absolute atomic E-state index is 0.147. The summed E-state index contributed by atoms with van der Waals surface area (Å²) in [5.74, 6) is -0.147. The van der Waals surface area contributed by atoms with Crippen LogP contribution in [-0.2, 0) is 9.53 Å². The summed E-state index contributed by atoms with van der Waals surface area (Å²) in [6.45, 7) is 3.39. The van der Waals surface area contributed by atoms with Crippen LogP contribution in [0.25, 0.3) is 0 Å².